The highest BCUT2D eigenvalue weighted by Gasteiger charge is 2.39. The van der Waals surface area contributed by atoms with Gasteiger partial charge in [-0.05, 0) is 6.92 Å². The number of rotatable bonds is 3. The molecule has 0 aromatic carbocycles. The Bertz CT molecular complexity index is 336. The molecule has 1 aliphatic heterocycles. The minimum absolute atomic E-state index is 0.157. The summed E-state index contributed by atoms with van der Waals surface area (Å²) >= 11 is 1.39. The fourth-order valence-corrected chi connectivity index (χ4v) is 2.64. The van der Waals surface area contributed by atoms with Gasteiger partial charge in [-0.1, -0.05) is 0 Å². The molecule has 0 spiro atoms. The summed E-state index contributed by atoms with van der Waals surface area (Å²) in [7, 11) is 1.46. The SMILES string of the molecule is CNC(=O)CNC(=O)N1C(C)SCC1C(=O)O. The van der Waals surface area contributed by atoms with Crippen molar-refractivity contribution >= 4 is 29.7 Å². The van der Waals surface area contributed by atoms with Crippen LogP contribution in [0.15, 0.2) is 0 Å². The Morgan fingerprint density at radius 2 is 2.12 bits per heavy atom. The topological polar surface area (TPSA) is 98.7 Å². The Hall–Kier alpha value is -1.44. The minimum atomic E-state index is -1.03. The van der Waals surface area contributed by atoms with Gasteiger partial charge in [-0.15, -0.1) is 11.8 Å². The molecule has 8 heteroatoms. The molecule has 3 N–H and O–H groups in total. The standard InChI is InChI=1S/C9H15N3O4S/c1-5-12(6(4-17-5)8(14)15)9(16)11-3-7(13)10-2/h5-6H,3-4H2,1-2H3,(H,10,13)(H,11,16)(H,14,15). The van der Waals surface area contributed by atoms with Gasteiger partial charge in [0.25, 0.3) is 0 Å². The monoisotopic (exact) mass is 261 g/mol. The fraction of sp³-hybridized carbons (Fsp3) is 0.667. The van der Waals surface area contributed by atoms with Crippen LogP contribution in [0.3, 0.4) is 0 Å². The van der Waals surface area contributed by atoms with E-state index in [2.05, 4.69) is 10.6 Å². The number of nitrogens with zero attached hydrogens (tertiary/aromatic N) is 1. The van der Waals surface area contributed by atoms with Crippen LogP contribution in [-0.2, 0) is 9.59 Å². The van der Waals surface area contributed by atoms with Crippen molar-refractivity contribution in [2.75, 3.05) is 19.3 Å². The van der Waals surface area contributed by atoms with Crippen LogP contribution in [0.1, 0.15) is 6.92 Å². The predicted molar refractivity (Wildman–Crippen MR) is 62.6 cm³/mol. The van der Waals surface area contributed by atoms with Crippen LogP contribution in [0.2, 0.25) is 0 Å². The first-order valence-corrected chi connectivity index (χ1v) is 6.13. The summed E-state index contributed by atoms with van der Waals surface area (Å²) in [5.41, 5.74) is 0. The number of carbonyl (C=O) groups excluding carboxylic acids is 2. The van der Waals surface area contributed by atoms with E-state index in [1.165, 1.54) is 23.7 Å². The van der Waals surface area contributed by atoms with Gasteiger partial charge in [-0.3, -0.25) is 9.69 Å². The van der Waals surface area contributed by atoms with Crippen LogP contribution in [0, 0.1) is 0 Å². The third-order valence-corrected chi connectivity index (χ3v) is 3.64. The molecule has 0 saturated carbocycles. The summed E-state index contributed by atoms with van der Waals surface area (Å²) in [5.74, 6) is -0.995. The molecule has 1 aliphatic rings. The van der Waals surface area contributed by atoms with Crippen molar-refractivity contribution in [2.45, 2.75) is 18.3 Å². The number of urea groups is 1. The number of hydrogen-bond donors (Lipinski definition) is 3. The van der Waals surface area contributed by atoms with E-state index in [9.17, 15) is 14.4 Å². The molecule has 96 valence electrons. The molecule has 0 aromatic rings. The summed E-state index contributed by atoms with van der Waals surface area (Å²) in [6.45, 7) is 1.60. The summed E-state index contributed by atoms with van der Waals surface area (Å²) in [6.07, 6.45) is 0. The number of likely N-dealkylation sites (N-methyl/N-ethyl adjacent to an activating group) is 1. The molecule has 1 rings (SSSR count). The number of nitrogens with one attached hydrogen (secondary N) is 2. The molecule has 7 nitrogen and oxygen atoms in total. The Morgan fingerprint density at radius 3 is 2.65 bits per heavy atom. The normalized spacial score (nSPS) is 23.3. The van der Waals surface area contributed by atoms with Crippen LogP contribution in [0.25, 0.3) is 0 Å². The molecule has 3 amide bonds. The van der Waals surface area contributed by atoms with Gasteiger partial charge in [0, 0.05) is 12.8 Å². The number of aliphatic carboxylic acids is 1. The second-order valence-corrected chi connectivity index (χ2v) is 4.87. The molecule has 2 atom stereocenters. The summed E-state index contributed by atoms with van der Waals surface area (Å²) in [6, 6.07) is -1.36. The Morgan fingerprint density at radius 1 is 1.47 bits per heavy atom. The molecule has 2 unspecified atom stereocenters. The smallest absolute Gasteiger partial charge is 0.327 e. The van der Waals surface area contributed by atoms with Crippen molar-refractivity contribution in [3.8, 4) is 0 Å². The molecule has 17 heavy (non-hydrogen) atoms. The lowest BCUT2D eigenvalue weighted by Gasteiger charge is -2.24. The van der Waals surface area contributed by atoms with Gasteiger partial charge < -0.3 is 15.7 Å². The number of amides is 3. The number of carbonyl (C=O) groups is 3. The maximum Gasteiger partial charge on any atom is 0.327 e. The lowest BCUT2D eigenvalue weighted by Crippen LogP contribution is -2.51. The van der Waals surface area contributed by atoms with E-state index >= 15 is 0 Å². The largest absolute Gasteiger partial charge is 0.480 e. The Labute approximate surface area is 103 Å². The molecule has 1 fully saturated rings. The second kappa shape index (κ2) is 5.76. The Kier molecular flexibility index (Phi) is 4.62. The van der Waals surface area contributed by atoms with E-state index in [1.807, 2.05) is 0 Å². The lowest BCUT2D eigenvalue weighted by atomic mass is 10.3. The Balaban J connectivity index is 2.59. The molecule has 1 heterocycles. The molecular weight excluding hydrogens is 246 g/mol. The van der Waals surface area contributed by atoms with E-state index in [-0.39, 0.29) is 17.8 Å². The van der Waals surface area contributed by atoms with Gasteiger partial charge >= 0.3 is 12.0 Å². The van der Waals surface area contributed by atoms with Gasteiger partial charge in [0.05, 0.1) is 11.9 Å². The first-order chi connectivity index (χ1) is 7.97. The van der Waals surface area contributed by atoms with Crippen molar-refractivity contribution in [3.05, 3.63) is 0 Å². The zero-order chi connectivity index (χ0) is 13.0. The van der Waals surface area contributed by atoms with E-state index in [0.29, 0.717) is 5.75 Å². The van der Waals surface area contributed by atoms with Crippen molar-refractivity contribution in [3.63, 3.8) is 0 Å². The van der Waals surface area contributed by atoms with Gasteiger partial charge in [-0.2, -0.15) is 0 Å². The van der Waals surface area contributed by atoms with Crippen LogP contribution in [0.5, 0.6) is 0 Å². The highest BCUT2D eigenvalue weighted by atomic mass is 32.2. The molecule has 0 bridgehead atoms. The van der Waals surface area contributed by atoms with E-state index in [0.717, 1.165) is 0 Å². The van der Waals surface area contributed by atoms with Crippen molar-refractivity contribution in [1.82, 2.24) is 15.5 Å². The quantitative estimate of drug-likeness (QED) is 0.623. The average molecular weight is 261 g/mol. The van der Waals surface area contributed by atoms with Gasteiger partial charge in [0.15, 0.2) is 0 Å². The zero-order valence-electron chi connectivity index (χ0n) is 9.60. The second-order valence-electron chi connectivity index (χ2n) is 3.53. The van der Waals surface area contributed by atoms with Crippen LogP contribution in [0.4, 0.5) is 4.79 Å². The summed E-state index contributed by atoms with van der Waals surface area (Å²) < 4.78 is 0. The first-order valence-electron chi connectivity index (χ1n) is 5.08. The van der Waals surface area contributed by atoms with Crippen molar-refractivity contribution < 1.29 is 19.5 Å². The van der Waals surface area contributed by atoms with Crippen LogP contribution in [-0.4, -0.2) is 58.7 Å². The number of carboxylic acids is 1. The number of thioether (sulfide) groups is 1. The maximum atomic E-state index is 11.7. The average Bonchev–Trinajstić information content (AvgIpc) is 2.67. The predicted octanol–water partition coefficient (Wildman–Crippen LogP) is -0.710. The van der Waals surface area contributed by atoms with Gasteiger partial charge in [0.2, 0.25) is 5.91 Å². The maximum absolute atomic E-state index is 11.7. The summed E-state index contributed by atoms with van der Waals surface area (Å²) in [4.78, 5) is 34.9. The highest BCUT2D eigenvalue weighted by molar-refractivity contribution is 8.00. The lowest BCUT2D eigenvalue weighted by molar-refractivity contribution is -0.141. The molecular formula is C9H15N3O4S. The van der Waals surface area contributed by atoms with Crippen molar-refractivity contribution in [1.29, 1.82) is 0 Å². The summed E-state index contributed by atoms with van der Waals surface area (Å²) in [5, 5.41) is 13.5. The van der Waals surface area contributed by atoms with E-state index in [1.54, 1.807) is 6.92 Å². The number of carboxylic acid groups (broad SMARTS) is 1. The molecule has 0 radical (unpaired) electrons. The minimum Gasteiger partial charge on any atom is -0.480 e. The third kappa shape index (κ3) is 3.26. The van der Waals surface area contributed by atoms with Crippen LogP contribution >= 0.6 is 11.8 Å². The van der Waals surface area contributed by atoms with Crippen LogP contribution < -0.4 is 10.6 Å². The molecule has 0 aliphatic carbocycles. The molecule has 1 saturated heterocycles. The number of hydrogen-bond acceptors (Lipinski definition) is 4. The third-order valence-electron chi connectivity index (χ3n) is 2.42. The van der Waals surface area contributed by atoms with Gasteiger partial charge in [-0.25, -0.2) is 9.59 Å². The fourth-order valence-electron chi connectivity index (χ4n) is 1.48. The van der Waals surface area contributed by atoms with E-state index < -0.39 is 18.0 Å². The first kappa shape index (κ1) is 13.6. The zero-order valence-corrected chi connectivity index (χ0v) is 10.4. The van der Waals surface area contributed by atoms with E-state index in [4.69, 9.17) is 5.11 Å². The van der Waals surface area contributed by atoms with Gasteiger partial charge in [0.1, 0.15) is 6.04 Å². The highest BCUT2D eigenvalue weighted by Crippen LogP contribution is 2.28. The molecule has 0 aromatic heterocycles. The van der Waals surface area contributed by atoms with Crippen molar-refractivity contribution in [2.24, 2.45) is 0 Å².